The number of benzene rings is 2. The predicted molar refractivity (Wildman–Crippen MR) is 159 cm³/mol. The first-order valence-electron chi connectivity index (χ1n) is 14.6. The van der Waals surface area contributed by atoms with Crippen molar-refractivity contribution in [2.75, 3.05) is 11.9 Å². The molecule has 1 saturated carbocycles. The number of aromatic nitrogens is 3. The number of rotatable bonds is 9. The van der Waals surface area contributed by atoms with Gasteiger partial charge < -0.3 is 24.7 Å². The van der Waals surface area contributed by atoms with E-state index in [0.717, 1.165) is 30.8 Å². The summed E-state index contributed by atoms with van der Waals surface area (Å²) in [4.78, 5) is 20.9. The molecule has 2 atom stereocenters. The van der Waals surface area contributed by atoms with Crippen LogP contribution in [-0.2, 0) is 17.5 Å². The van der Waals surface area contributed by atoms with E-state index in [9.17, 15) is 31.1 Å². The number of fused-ring (bicyclic) bond motifs is 1. The van der Waals surface area contributed by atoms with E-state index in [2.05, 4.69) is 45.7 Å². The normalized spacial score (nSPS) is 18.3. The highest BCUT2D eigenvalue weighted by molar-refractivity contribution is 5.82. The number of nitrogens with zero attached hydrogens (tertiary/aromatic N) is 3. The van der Waals surface area contributed by atoms with Crippen LogP contribution >= 0.6 is 0 Å². The minimum absolute atomic E-state index is 0.0688. The van der Waals surface area contributed by atoms with Gasteiger partial charge in [-0.05, 0) is 79.1 Å². The fourth-order valence-corrected chi connectivity index (χ4v) is 6.21. The van der Waals surface area contributed by atoms with E-state index in [4.69, 9.17) is 9.72 Å². The van der Waals surface area contributed by atoms with E-state index in [1.165, 1.54) is 36.5 Å². The highest BCUT2D eigenvalue weighted by atomic mass is 19.4. The van der Waals surface area contributed by atoms with Gasteiger partial charge in [0.15, 0.2) is 6.61 Å². The second kappa shape index (κ2) is 12.7. The molecule has 8 nitrogen and oxygen atoms in total. The Kier molecular flexibility index (Phi) is 9.09. The molecule has 2 N–H and O–H groups in total. The average Bonchev–Trinajstić information content (AvgIpc) is 3.31. The van der Waals surface area contributed by atoms with Crippen molar-refractivity contribution < 1.29 is 40.6 Å². The van der Waals surface area contributed by atoms with Gasteiger partial charge in [0.05, 0.1) is 28.8 Å². The summed E-state index contributed by atoms with van der Waals surface area (Å²) in [6, 6.07) is 12.7. The Morgan fingerprint density at radius 1 is 1.02 bits per heavy atom. The molecule has 1 amide bonds. The van der Waals surface area contributed by atoms with Crippen LogP contribution in [0.2, 0.25) is 0 Å². The van der Waals surface area contributed by atoms with E-state index in [-0.39, 0.29) is 22.9 Å². The number of amides is 1. The highest BCUT2D eigenvalue weighted by Gasteiger charge is 2.36. The van der Waals surface area contributed by atoms with Gasteiger partial charge in [0.25, 0.3) is 5.91 Å². The van der Waals surface area contributed by atoms with E-state index in [1.54, 1.807) is 12.1 Å². The second-order valence-electron chi connectivity index (χ2n) is 12.3. The number of carbonyl (C=O) groups excluding carboxylic acids is 1. The first-order chi connectivity index (χ1) is 21.6. The highest BCUT2D eigenvalue weighted by Crippen LogP contribution is 2.46. The van der Waals surface area contributed by atoms with Gasteiger partial charge in [-0.25, -0.2) is 4.98 Å². The van der Waals surface area contributed by atoms with Crippen LogP contribution < -0.4 is 20.1 Å². The predicted octanol–water partition coefficient (Wildman–Crippen LogP) is 8.17. The number of ether oxygens (including phenoxy) is 2. The number of nitrogens with one attached hydrogen (secondary N) is 2. The largest absolute Gasteiger partial charge is 0.573 e. The average molecular weight is 650 g/mol. The number of alkyl halides is 6. The first-order valence-corrected chi connectivity index (χ1v) is 14.6. The molecular weight excluding hydrogens is 616 g/mol. The van der Waals surface area contributed by atoms with Gasteiger partial charge in [-0.2, -0.15) is 13.2 Å². The van der Waals surface area contributed by atoms with Crippen molar-refractivity contribution in [2.45, 2.75) is 65.2 Å². The zero-order valence-electron chi connectivity index (χ0n) is 25.3. The van der Waals surface area contributed by atoms with Gasteiger partial charge in [0, 0.05) is 24.0 Å². The number of carbonyl (C=O) groups is 1. The Morgan fingerprint density at radius 3 is 2.41 bits per heavy atom. The van der Waals surface area contributed by atoms with E-state index < -0.39 is 37.2 Å². The summed E-state index contributed by atoms with van der Waals surface area (Å²) in [5.41, 5.74) is 0.683. The molecule has 1 aliphatic rings. The van der Waals surface area contributed by atoms with Crippen molar-refractivity contribution in [3.63, 3.8) is 0 Å². The van der Waals surface area contributed by atoms with Gasteiger partial charge in [0.2, 0.25) is 5.95 Å². The Balaban J connectivity index is 1.35. The Bertz CT molecular complexity index is 1680. The van der Waals surface area contributed by atoms with Crippen LogP contribution in [0.1, 0.15) is 57.3 Å². The van der Waals surface area contributed by atoms with Crippen molar-refractivity contribution in [3.05, 3.63) is 72.1 Å². The Labute approximate surface area is 261 Å². The minimum atomic E-state index is -4.80. The standard InChI is InChI=1S/C32H33F6N5O3/c1-19-13-21(16-30(2,3)15-19)43-27-11-10-23(45-18-28(44)40-17-26-24(31(33,34)35)5-4-12-39-26)14-25(27)42-29(43)41-20-6-8-22(9-7-20)46-32(36,37)38/h4-12,14,19,21H,13,15-18H2,1-3H3,(H,40,44)(H,41,42)/t19-,21+/m0/s1. The second-order valence-corrected chi connectivity index (χ2v) is 12.3. The maximum absolute atomic E-state index is 13.2. The lowest BCUT2D eigenvalue weighted by molar-refractivity contribution is -0.274. The molecule has 4 aromatic rings. The number of hydrogen-bond donors (Lipinski definition) is 2. The maximum atomic E-state index is 13.2. The SMILES string of the molecule is C[C@H]1C[C@@H](n2c(Nc3ccc(OC(F)(F)F)cc3)nc3cc(OCC(=O)NCc4ncccc4C(F)(F)F)ccc32)CC(C)(C)C1. The summed E-state index contributed by atoms with van der Waals surface area (Å²) in [5, 5.41) is 5.64. The molecule has 0 unspecified atom stereocenters. The van der Waals surface area contributed by atoms with Crippen molar-refractivity contribution in [2.24, 2.45) is 11.3 Å². The molecule has 14 heteroatoms. The molecule has 5 rings (SSSR count). The van der Waals surface area contributed by atoms with Crippen LogP contribution in [0.5, 0.6) is 11.5 Å². The van der Waals surface area contributed by atoms with E-state index in [0.29, 0.717) is 28.8 Å². The summed E-state index contributed by atoms with van der Waals surface area (Å²) in [7, 11) is 0. The van der Waals surface area contributed by atoms with E-state index in [1.807, 2.05) is 6.07 Å². The summed E-state index contributed by atoms with van der Waals surface area (Å²) < 4.78 is 89.3. The van der Waals surface area contributed by atoms with Gasteiger partial charge in [-0.15, -0.1) is 13.2 Å². The molecule has 0 aliphatic heterocycles. The molecule has 1 fully saturated rings. The smallest absolute Gasteiger partial charge is 0.484 e. The lowest BCUT2D eigenvalue weighted by Gasteiger charge is -2.40. The summed E-state index contributed by atoms with van der Waals surface area (Å²) in [6.45, 7) is 5.77. The minimum Gasteiger partial charge on any atom is -0.484 e. The zero-order valence-corrected chi connectivity index (χ0v) is 25.3. The molecule has 46 heavy (non-hydrogen) atoms. The fraction of sp³-hybridized carbons (Fsp3) is 0.406. The third kappa shape index (κ3) is 8.20. The lowest BCUT2D eigenvalue weighted by atomic mass is 9.70. The van der Waals surface area contributed by atoms with E-state index >= 15 is 0 Å². The van der Waals surface area contributed by atoms with Crippen molar-refractivity contribution in [3.8, 4) is 11.5 Å². The van der Waals surface area contributed by atoms with Crippen LogP contribution in [0.4, 0.5) is 38.0 Å². The van der Waals surface area contributed by atoms with Gasteiger partial charge in [-0.3, -0.25) is 9.78 Å². The van der Waals surface area contributed by atoms with Crippen molar-refractivity contribution in [1.82, 2.24) is 19.9 Å². The van der Waals surface area contributed by atoms with Crippen LogP contribution in [0.25, 0.3) is 11.0 Å². The van der Waals surface area contributed by atoms with Crippen molar-refractivity contribution >= 4 is 28.6 Å². The number of halogens is 6. The molecule has 0 radical (unpaired) electrons. The summed E-state index contributed by atoms with van der Waals surface area (Å²) in [6.07, 6.45) is -5.35. The van der Waals surface area contributed by atoms with Gasteiger partial charge in [-0.1, -0.05) is 20.8 Å². The molecule has 1 aliphatic carbocycles. The topological polar surface area (TPSA) is 90.3 Å². The molecular formula is C32H33F6N5O3. The first kappa shape index (κ1) is 32.9. The van der Waals surface area contributed by atoms with Gasteiger partial charge >= 0.3 is 12.5 Å². The number of imidazole rings is 1. The third-order valence-corrected chi connectivity index (χ3v) is 7.75. The quantitative estimate of drug-likeness (QED) is 0.178. The maximum Gasteiger partial charge on any atom is 0.573 e. The Morgan fingerprint density at radius 2 is 1.74 bits per heavy atom. The van der Waals surface area contributed by atoms with Crippen molar-refractivity contribution in [1.29, 1.82) is 0 Å². The molecule has 2 heterocycles. The molecule has 2 aromatic heterocycles. The number of anilines is 2. The van der Waals surface area contributed by atoms with Crippen LogP contribution in [-0.4, -0.2) is 33.4 Å². The van der Waals surface area contributed by atoms with Crippen LogP contribution in [0, 0.1) is 11.3 Å². The van der Waals surface area contributed by atoms with Gasteiger partial charge in [0.1, 0.15) is 11.5 Å². The monoisotopic (exact) mass is 649 g/mol. The Hall–Kier alpha value is -4.49. The van der Waals surface area contributed by atoms with Crippen LogP contribution in [0.3, 0.4) is 0 Å². The number of hydrogen-bond acceptors (Lipinski definition) is 6. The zero-order chi connectivity index (χ0) is 33.3. The molecule has 0 bridgehead atoms. The summed E-state index contributed by atoms with van der Waals surface area (Å²) >= 11 is 0. The fourth-order valence-electron chi connectivity index (χ4n) is 6.21. The third-order valence-electron chi connectivity index (χ3n) is 7.75. The summed E-state index contributed by atoms with van der Waals surface area (Å²) in [5.74, 6) is 0.264. The molecule has 0 spiro atoms. The molecule has 0 saturated heterocycles. The molecule has 2 aromatic carbocycles. The number of pyridine rings is 1. The van der Waals surface area contributed by atoms with Crippen LogP contribution in [0.15, 0.2) is 60.8 Å². The lowest BCUT2D eigenvalue weighted by Crippen LogP contribution is -2.30. The molecule has 246 valence electrons.